The Kier molecular flexibility index (Phi) is 4.41. The van der Waals surface area contributed by atoms with Crippen molar-refractivity contribution in [2.75, 3.05) is 20.6 Å². The summed E-state index contributed by atoms with van der Waals surface area (Å²) >= 11 is 0. The van der Waals surface area contributed by atoms with Crippen molar-refractivity contribution >= 4 is 0 Å². The second-order valence-electron chi connectivity index (χ2n) is 6.98. The van der Waals surface area contributed by atoms with E-state index in [4.69, 9.17) is 10.1 Å². The number of aromatic nitrogens is 2. The van der Waals surface area contributed by atoms with Gasteiger partial charge in [-0.2, -0.15) is 0 Å². The fourth-order valence-electron chi connectivity index (χ4n) is 3.43. The maximum atomic E-state index is 9.87. The van der Waals surface area contributed by atoms with Crippen LogP contribution >= 0.6 is 0 Å². The molecule has 0 unspecified atom stereocenters. The average Bonchev–Trinajstić information content (AvgIpc) is 2.66. The minimum atomic E-state index is -0.169. The van der Waals surface area contributed by atoms with Crippen molar-refractivity contribution in [2.24, 2.45) is 0 Å². The van der Waals surface area contributed by atoms with Gasteiger partial charge >= 0.3 is 0 Å². The SMILES string of the molecule is CN(C)CCn1cnc2c(c1=N)[C@H](c1ccccc1)c1ccc(O)cc1O2. The number of nitrogens with one attached hydrogen (secondary N) is 1. The Morgan fingerprint density at radius 2 is 1.96 bits per heavy atom. The van der Waals surface area contributed by atoms with Crippen molar-refractivity contribution in [1.82, 2.24) is 14.5 Å². The molecule has 0 saturated carbocycles. The highest BCUT2D eigenvalue weighted by Crippen LogP contribution is 2.45. The summed E-state index contributed by atoms with van der Waals surface area (Å²) in [5.41, 5.74) is 3.14. The molecule has 0 spiro atoms. The first kappa shape index (κ1) is 17.3. The van der Waals surface area contributed by atoms with E-state index in [1.165, 1.54) is 0 Å². The first-order valence-electron chi connectivity index (χ1n) is 8.89. The smallest absolute Gasteiger partial charge is 0.228 e. The highest BCUT2D eigenvalue weighted by atomic mass is 16.5. The van der Waals surface area contributed by atoms with Crippen LogP contribution in [-0.4, -0.2) is 40.2 Å². The molecule has 3 aromatic rings. The van der Waals surface area contributed by atoms with Gasteiger partial charge in [0.1, 0.15) is 23.3 Å². The summed E-state index contributed by atoms with van der Waals surface area (Å²) < 4.78 is 7.81. The van der Waals surface area contributed by atoms with E-state index in [-0.39, 0.29) is 11.7 Å². The lowest BCUT2D eigenvalue weighted by Crippen LogP contribution is -2.32. The van der Waals surface area contributed by atoms with Gasteiger partial charge in [-0.05, 0) is 25.7 Å². The predicted octanol–water partition coefficient (Wildman–Crippen LogP) is 2.92. The van der Waals surface area contributed by atoms with Crippen LogP contribution in [-0.2, 0) is 6.54 Å². The molecule has 27 heavy (non-hydrogen) atoms. The molecule has 0 radical (unpaired) electrons. The zero-order chi connectivity index (χ0) is 19.0. The Bertz CT molecular complexity index is 1030. The number of benzene rings is 2. The Morgan fingerprint density at radius 3 is 2.70 bits per heavy atom. The van der Waals surface area contributed by atoms with Crippen LogP contribution in [0, 0.1) is 5.41 Å². The van der Waals surface area contributed by atoms with E-state index in [2.05, 4.69) is 9.88 Å². The van der Waals surface area contributed by atoms with Crippen LogP contribution in [0.3, 0.4) is 0 Å². The van der Waals surface area contributed by atoms with Gasteiger partial charge in [-0.25, -0.2) is 4.98 Å². The third-order valence-corrected chi connectivity index (χ3v) is 4.81. The number of hydrogen-bond donors (Lipinski definition) is 2. The summed E-state index contributed by atoms with van der Waals surface area (Å²) in [6, 6.07) is 15.2. The average molecular weight is 362 g/mol. The van der Waals surface area contributed by atoms with E-state index in [1.807, 2.05) is 55.1 Å². The zero-order valence-corrected chi connectivity index (χ0v) is 15.4. The van der Waals surface area contributed by atoms with Crippen molar-refractivity contribution in [3.8, 4) is 17.4 Å². The van der Waals surface area contributed by atoms with Crippen LogP contribution in [0.2, 0.25) is 0 Å². The number of aromatic hydroxyl groups is 1. The minimum absolute atomic E-state index is 0.145. The molecule has 6 nitrogen and oxygen atoms in total. The Morgan fingerprint density at radius 1 is 1.19 bits per heavy atom. The van der Waals surface area contributed by atoms with Crippen LogP contribution in [0.25, 0.3) is 0 Å². The normalized spacial score (nSPS) is 15.1. The maximum absolute atomic E-state index is 9.87. The largest absolute Gasteiger partial charge is 0.508 e. The molecular formula is C21H22N4O2. The van der Waals surface area contributed by atoms with Crippen LogP contribution in [0.5, 0.6) is 17.4 Å². The molecule has 0 aliphatic carbocycles. The zero-order valence-electron chi connectivity index (χ0n) is 15.4. The third-order valence-electron chi connectivity index (χ3n) is 4.81. The summed E-state index contributed by atoms with van der Waals surface area (Å²) in [5, 5.41) is 18.7. The molecular weight excluding hydrogens is 340 g/mol. The van der Waals surface area contributed by atoms with Gasteiger partial charge in [-0.15, -0.1) is 0 Å². The van der Waals surface area contributed by atoms with E-state index in [1.54, 1.807) is 18.5 Å². The Labute approximate surface area is 157 Å². The molecule has 2 N–H and O–H groups in total. The van der Waals surface area contributed by atoms with E-state index in [9.17, 15) is 5.11 Å². The van der Waals surface area contributed by atoms with Gasteiger partial charge in [0.2, 0.25) is 5.88 Å². The van der Waals surface area contributed by atoms with Crippen molar-refractivity contribution < 1.29 is 9.84 Å². The van der Waals surface area contributed by atoms with E-state index in [0.29, 0.717) is 23.7 Å². The monoisotopic (exact) mass is 362 g/mol. The summed E-state index contributed by atoms with van der Waals surface area (Å²) in [6.45, 7) is 1.49. The minimum Gasteiger partial charge on any atom is -0.508 e. The molecule has 1 aromatic heterocycles. The molecule has 4 rings (SSSR count). The molecule has 0 amide bonds. The number of phenols is 1. The lowest BCUT2D eigenvalue weighted by Gasteiger charge is -2.28. The molecule has 0 fully saturated rings. The van der Waals surface area contributed by atoms with Crippen LogP contribution in [0.15, 0.2) is 54.9 Å². The molecule has 0 bridgehead atoms. The van der Waals surface area contributed by atoms with Crippen LogP contribution < -0.4 is 10.2 Å². The van der Waals surface area contributed by atoms with E-state index < -0.39 is 0 Å². The lowest BCUT2D eigenvalue weighted by atomic mass is 9.84. The molecule has 2 aromatic carbocycles. The molecule has 1 aliphatic heterocycles. The van der Waals surface area contributed by atoms with Gasteiger partial charge in [0.05, 0.1) is 5.56 Å². The van der Waals surface area contributed by atoms with Crippen LogP contribution in [0.1, 0.15) is 22.6 Å². The number of fused-ring (bicyclic) bond motifs is 2. The molecule has 0 saturated heterocycles. The number of nitrogens with zero attached hydrogens (tertiary/aromatic N) is 3. The number of likely N-dealkylation sites (N-methyl/N-ethyl adjacent to an activating group) is 1. The second-order valence-corrected chi connectivity index (χ2v) is 6.98. The van der Waals surface area contributed by atoms with Crippen molar-refractivity contribution in [3.05, 3.63) is 77.0 Å². The quantitative estimate of drug-likeness (QED) is 0.585. The van der Waals surface area contributed by atoms with Gasteiger partial charge in [0, 0.05) is 30.6 Å². The van der Waals surface area contributed by atoms with Gasteiger partial charge in [0.25, 0.3) is 0 Å². The molecule has 138 valence electrons. The number of rotatable bonds is 4. The summed E-state index contributed by atoms with van der Waals surface area (Å²) in [5.74, 6) is 0.979. The van der Waals surface area contributed by atoms with E-state index in [0.717, 1.165) is 23.2 Å². The van der Waals surface area contributed by atoms with E-state index >= 15 is 0 Å². The van der Waals surface area contributed by atoms with Gasteiger partial charge in [-0.3, -0.25) is 5.41 Å². The van der Waals surface area contributed by atoms with Crippen molar-refractivity contribution in [3.63, 3.8) is 0 Å². The summed E-state index contributed by atoms with van der Waals surface area (Å²) in [7, 11) is 4.02. The highest BCUT2D eigenvalue weighted by molar-refractivity contribution is 5.57. The van der Waals surface area contributed by atoms with Gasteiger partial charge < -0.3 is 19.3 Å². The number of hydrogen-bond acceptors (Lipinski definition) is 5. The maximum Gasteiger partial charge on any atom is 0.228 e. The third kappa shape index (κ3) is 3.19. The topological polar surface area (TPSA) is 74.4 Å². The second kappa shape index (κ2) is 6.89. The number of ether oxygens (including phenoxy) is 1. The molecule has 2 heterocycles. The van der Waals surface area contributed by atoms with Gasteiger partial charge in [-0.1, -0.05) is 36.4 Å². The first-order chi connectivity index (χ1) is 13.0. The molecule has 1 atom stereocenters. The first-order valence-corrected chi connectivity index (χ1v) is 8.89. The molecule has 1 aliphatic rings. The Hall–Kier alpha value is -3.12. The summed E-state index contributed by atoms with van der Waals surface area (Å²) in [4.78, 5) is 6.56. The molecule has 6 heteroatoms. The fraction of sp³-hybridized carbons (Fsp3) is 0.238. The highest BCUT2D eigenvalue weighted by Gasteiger charge is 2.32. The Balaban J connectivity index is 1.90. The lowest BCUT2D eigenvalue weighted by molar-refractivity contribution is 0.370. The predicted molar refractivity (Wildman–Crippen MR) is 102 cm³/mol. The van der Waals surface area contributed by atoms with Gasteiger partial charge in [0.15, 0.2) is 0 Å². The standard InChI is InChI=1S/C21H22N4O2/c1-24(2)10-11-25-13-23-21-19(20(25)22)18(14-6-4-3-5-7-14)16-9-8-15(26)12-17(16)27-21/h3-9,12-13,18,22,26H,10-11H2,1-2H3/t18-/m1/s1. The van der Waals surface area contributed by atoms with Crippen LogP contribution in [0.4, 0.5) is 0 Å². The number of phenolic OH excluding ortho intramolecular Hbond substituents is 1. The summed E-state index contributed by atoms with van der Waals surface area (Å²) in [6.07, 6.45) is 1.65. The fourth-order valence-corrected chi connectivity index (χ4v) is 3.43. The van der Waals surface area contributed by atoms with Crippen molar-refractivity contribution in [1.29, 1.82) is 5.41 Å². The van der Waals surface area contributed by atoms with Crippen molar-refractivity contribution in [2.45, 2.75) is 12.5 Å².